The summed E-state index contributed by atoms with van der Waals surface area (Å²) >= 11 is 16.4. The van der Waals surface area contributed by atoms with Crippen LogP contribution in [0.3, 0.4) is 0 Å². The van der Waals surface area contributed by atoms with E-state index in [1.54, 1.807) is 23.1 Å². The number of aromatic nitrogens is 1. The predicted octanol–water partition coefficient (Wildman–Crippen LogP) is 18.1. The highest BCUT2D eigenvalue weighted by Crippen LogP contribution is 2.48. The monoisotopic (exact) mass is 1510 g/mol. The number of rotatable bonds is 18. The number of phenols is 2. The topological polar surface area (TPSA) is 104 Å². The summed E-state index contributed by atoms with van der Waals surface area (Å²) in [5, 5.41) is 39.4. The van der Waals surface area contributed by atoms with Gasteiger partial charge in [0.05, 0.1) is 16.4 Å². The van der Waals surface area contributed by atoms with Gasteiger partial charge in [0.2, 0.25) is 5.52 Å². The van der Waals surface area contributed by atoms with Gasteiger partial charge in [-0.1, -0.05) is 193 Å². The molecule has 0 unspecified atom stereocenters. The molecule has 0 spiro atoms. The third-order valence-electron chi connectivity index (χ3n) is 19.3. The van der Waals surface area contributed by atoms with Crippen LogP contribution in [0.15, 0.2) is 300 Å². The molecule has 1 aromatic heterocycles. The van der Waals surface area contributed by atoms with Crippen LogP contribution < -0.4 is 59.9 Å². The van der Waals surface area contributed by atoms with Gasteiger partial charge >= 0.3 is 0 Å². The molecule has 109 heavy (non-hydrogen) atoms. The fourth-order valence-electron chi connectivity index (χ4n) is 13.4. The smallest absolute Gasteiger partial charge is 0.262 e. The zero-order valence-electron chi connectivity index (χ0n) is 63.1. The number of allylic oxidation sites excluding steroid dienone is 10. The van der Waals surface area contributed by atoms with E-state index < -0.39 is 11.5 Å². The lowest BCUT2D eigenvalue weighted by atomic mass is 9.81. The lowest BCUT2D eigenvalue weighted by molar-refractivity contribution is -0.665. The average molecular weight is 1520 g/mol. The molecular formula is C94H89Cl2N7O4S2. The molecule has 0 bridgehead atoms. The number of nitrogens with zero attached hydrogens (tertiary/aromatic N) is 7. The number of para-hydroxylation sites is 2. The number of phenolic OH excluding ortho intramolecular Hbond substituents is 2. The first-order valence-corrected chi connectivity index (χ1v) is 38.6. The molecule has 0 amide bonds. The van der Waals surface area contributed by atoms with E-state index in [-0.39, 0.29) is 33.4 Å². The van der Waals surface area contributed by atoms with E-state index in [9.17, 15) is 20.1 Å². The molecular weight excluding hydrogens is 1430 g/mol. The van der Waals surface area contributed by atoms with Crippen molar-refractivity contribution in [3.8, 4) is 11.5 Å². The average Bonchev–Trinajstić information content (AvgIpc) is 1.24. The molecule has 0 fully saturated rings. The number of benzene rings is 10. The first-order chi connectivity index (χ1) is 52.6. The normalized spacial score (nSPS) is 14.4. The van der Waals surface area contributed by atoms with E-state index >= 15 is 0 Å². The summed E-state index contributed by atoms with van der Waals surface area (Å²) in [6.45, 7) is 13.9. The quantitative estimate of drug-likeness (QED) is 0.0634. The maximum Gasteiger partial charge on any atom is 0.262 e. The summed E-state index contributed by atoms with van der Waals surface area (Å²) in [5.74, 6) is -1.26. The number of fused-ring (bicyclic) bond motifs is 2. The minimum Gasteiger partial charge on any atom is -0.871 e. The van der Waals surface area contributed by atoms with E-state index in [0.717, 1.165) is 63.5 Å². The SMILES string of the molecule is C=c1ccc(=C(/C=C/C=C(c2ccc(N(C)C)cc2)c2ccc(N(C)C)cc2)c2ccc(N(C)C)cc2)cc1.C=c1ccc(=C2C(=O)C(c3ccc(N(C)C)cc3O)=C2[O-])c(O)c1.CCN1/C(=C\C=C2CCC(/C=C/c3sc4ccc(Cl)cc4[n+]3CC)=C2N(c2ccccc2)c2ccccc2)Sc2ccc(Cl)cc21. The highest BCUT2D eigenvalue weighted by atomic mass is 35.5. The molecule has 11 nitrogen and oxygen atoms in total. The fourth-order valence-corrected chi connectivity index (χ4v) is 16.0. The molecule has 14 rings (SSSR count). The number of Topliss-reactive ketones (excluding diaryl/α,β-unsaturated/α-hetero) is 1. The van der Waals surface area contributed by atoms with Crippen LogP contribution in [0.1, 0.15) is 54.0 Å². The van der Waals surface area contributed by atoms with Crippen LogP contribution in [-0.4, -0.2) is 78.9 Å². The van der Waals surface area contributed by atoms with Gasteiger partial charge in [-0.05, 0) is 209 Å². The number of hydrogen-bond acceptors (Lipinski definition) is 12. The Hall–Kier alpha value is -11.5. The molecule has 2 N–H and O–H groups in total. The van der Waals surface area contributed by atoms with Gasteiger partial charge in [0, 0.05) is 152 Å². The molecule has 11 aromatic rings. The zero-order valence-corrected chi connectivity index (χ0v) is 66.3. The number of carbonyl (C=O) groups is 1. The number of carbonyl (C=O) groups excluding carboxylic acids is 1. The number of thiazole rings is 1. The summed E-state index contributed by atoms with van der Waals surface area (Å²) in [4.78, 5) is 26.6. The van der Waals surface area contributed by atoms with Gasteiger partial charge in [0.25, 0.3) is 5.01 Å². The standard InChI is InChI=1S/C39H34Cl2N3S2.C36H39N3.C19H17NO4/c1-3-42-33-25-29(40)19-21-35(33)45-37(42)23-17-27-15-16-28(18-24-38-43(4-2)34-26-30(41)20-22-36(34)46-38)39(27)44(31-11-7-5-8-12-31)32-13-9-6-10-14-32;1-27-11-13-28(14-12-27)35(29-15-21-32(22-16-29)37(2)3)9-8-10-36(30-17-23-33(24-18-30)38(4)5)31-19-25-34(26-20-31)39(6)7;1-10-4-6-12(14(21)8-10)16-18(23)17(19(16)24)13-7-5-11(20(2)3)9-15(13)22/h5-14,17-26H,3-4,15-16H2,1-2H3;8-26H,1H2,2-7H3;4-9,21-23H,1H2,2-3H3/q+1;;/p-1/b;9-8+;. The zero-order chi connectivity index (χ0) is 77.2. The molecule has 15 heteroatoms. The number of ketones is 1. The Morgan fingerprint density at radius 3 is 1.68 bits per heavy atom. The molecule has 2 aliphatic carbocycles. The van der Waals surface area contributed by atoms with Gasteiger partial charge in [-0.25, -0.2) is 0 Å². The largest absolute Gasteiger partial charge is 0.871 e. The Morgan fingerprint density at radius 2 is 1.13 bits per heavy atom. The second-order valence-electron chi connectivity index (χ2n) is 27.4. The van der Waals surface area contributed by atoms with Gasteiger partial charge in [-0.3, -0.25) is 4.79 Å². The van der Waals surface area contributed by atoms with E-state index in [1.807, 2.05) is 49.3 Å². The lowest BCUT2D eigenvalue weighted by Crippen LogP contribution is -2.33. The molecule has 550 valence electrons. The summed E-state index contributed by atoms with van der Waals surface area (Å²) in [7, 11) is 16.0. The first-order valence-electron chi connectivity index (χ1n) is 36.2. The van der Waals surface area contributed by atoms with Crippen molar-refractivity contribution in [3.63, 3.8) is 0 Å². The van der Waals surface area contributed by atoms with Gasteiger partial charge < -0.3 is 44.7 Å². The Bertz CT molecular complexity index is 5570. The third-order valence-corrected chi connectivity index (χ3v) is 22.0. The van der Waals surface area contributed by atoms with Crippen LogP contribution in [-0.2, 0) is 11.3 Å². The second kappa shape index (κ2) is 34.6. The van der Waals surface area contributed by atoms with E-state index in [1.165, 1.54) is 111 Å². The number of halogens is 2. The van der Waals surface area contributed by atoms with Crippen molar-refractivity contribution in [2.45, 2.75) is 38.1 Å². The third kappa shape index (κ3) is 17.6. The van der Waals surface area contributed by atoms with Crippen molar-refractivity contribution in [3.05, 3.63) is 353 Å². The fraction of sp³-hybridized carbons (Fsp3) is 0.149. The summed E-state index contributed by atoms with van der Waals surface area (Å²) < 4.78 is 3.59. The molecule has 0 saturated carbocycles. The predicted molar refractivity (Wildman–Crippen MR) is 462 cm³/mol. The molecule has 0 atom stereocenters. The van der Waals surface area contributed by atoms with Crippen molar-refractivity contribution >= 4 is 144 Å². The molecule has 10 aromatic carbocycles. The van der Waals surface area contributed by atoms with E-state index in [2.05, 4.69) is 323 Å². The molecule has 2 heterocycles. The number of anilines is 7. The Morgan fingerprint density at radius 1 is 0.569 bits per heavy atom. The van der Waals surface area contributed by atoms with E-state index in [4.69, 9.17) is 23.2 Å². The van der Waals surface area contributed by atoms with Crippen LogP contribution in [0.2, 0.25) is 10.0 Å². The molecule has 0 saturated heterocycles. The lowest BCUT2D eigenvalue weighted by Gasteiger charge is -2.31. The number of aryl methyl sites for hydroxylation is 1. The van der Waals surface area contributed by atoms with Crippen LogP contribution in [0, 0.1) is 0 Å². The Balaban J connectivity index is 0.000000160. The first kappa shape index (κ1) is 77.2. The van der Waals surface area contributed by atoms with Crippen LogP contribution in [0.5, 0.6) is 11.5 Å². The summed E-state index contributed by atoms with van der Waals surface area (Å²) in [5.41, 5.74) is 18.8. The summed E-state index contributed by atoms with van der Waals surface area (Å²) in [6.07, 6.45) is 17.8. The van der Waals surface area contributed by atoms with Gasteiger partial charge in [-0.2, -0.15) is 4.57 Å². The van der Waals surface area contributed by atoms with Gasteiger partial charge in [-0.15, -0.1) is 0 Å². The number of hydrogen-bond donors (Lipinski definition) is 2. The molecule has 0 radical (unpaired) electrons. The maximum atomic E-state index is 12.4. The van der Waals surface area contributed by atoms with Crippen LogP contribution in [0.25, 0.3) is 51.7 Å². The van der Waals surface area contributed by atoms with Crippen LogP contribution in [0.4, 0.5) is 39.8 Å². The number of aromatic hydroxyl groups is 2. The van der Waals surface area contributed by atoms with Crippen LogP contribution >= 0.6 is 46.3 Å². The molecule has 1 aliphatic heterocycles. The van der Waals surface area contributed by atoms with Crippen molar-refractivity contribution in [2.24, 2.45) is 0 Å². The minimum absolute atomic E-state index is 0.0640. The second-order valence-corrected chi connectivity index (χ2v) is 30.4. The van der Waals surface area contributed by atoms with Crippen molar-refractivity contribution in [2.75, 3.05) is 92.3 Å². The minimum atomic E-state index is -0.486. The Kier molecular flexibility index (Phi) is 24.5. The van der Waals surface area contributed by atoms with Gasteiger partial charge in [0.15, 0.2) is 5.78 Å². The van der Waals surface area contributed by atoms with Crippen molar-refractivity contribution < 1.29 is 24.7 Å². The van der Waals surface area contributed by atoms with Crippen molar-refractivity contribution in [1.29, 1.82) is 0 Å². The van der Waals surface area contributed by atoms with Gasteiger partial charge in [0.1, 0.15) is 22.7 Å². The maximum absolute atomic E-state index is 12.4. The summed E-state index contributed by atoms with van der Waals surface area (Å²) in [6, 6.07) is 77.6. The molecule has 3 aliphatic rings. The Labute approximate surface area is 658 Å². The number of thioether (sulfide) groups is 1. The highest BCUT2D eigenvalue weighted by molar-refractivity contribution is 8.03. The van der Waals surface area contributed by atoms with Crippen molar-refractivity contribution in [1.82, 2.24) is 0 Å². The highest BCUT2D eigenvalue weighted by Gasteiger charge is 2.32. The van der Waals surface area contributed by atoms with E-state index in [0.29, 0.717) is 5.22 Å².